The van der Waals surface area contributed by atoms with E-state index < -0.39 is 18.6 Å². The SMILES string of the molecule is Cc1ccc2c(n1)oc1c(-c3cc(C(C)C)cc[n+]3C)c(C)ccc12.Cc1ccc2c(n1)oc1c(-c3cccc[n+]3C)c(C)ccc12.Cc1ccc2c(n1)oc1c(-c3cccc[n+]3C)c(C)ccc12.[2H]C(C)(C)c1cc[n+](C)c(-c2c(C)ccc3c2oc2ncccc23)c1.[2H]C([2H])([2H])C([2H])(C)c1cc[n+](C)c(-c2c(C)ccc3c2oc2ncccc23)c1. The molecule has 0 aliphatic carbocycles. The Kier molecular flexibility index (Phi) is 19.4. The molecule has 0 spiro atoms. The molecule has 5 aromatic carbocycles. The van der Waals surface area contributed by atoms with Gasteiger partial charge in [-0.3, -0.25) is 0 Å². The van der Waals surface area contributed by atoms with Crippen LogP contribution in [0.2, 0.25) is 0 Å². The first-order chi connectivity index (χ1) is 58.2. The topological polar surface area (TPSA) is 150 Å². The van der Waals surface area contributed by atoms with Gasteiger partial charge >= 0.3 is 0 Å². The van der Waals surface area contributed by atoms with Crippen LogP contribution in [0, 0.1) is 55.4 Å². The van der Waals surface area contributed by atoms with Crippen molar-refractivity contribution in [2.75, 3.05) is 0 Å². The molecule has 15 aromatic heterocycles. The van der Waals surface area contributed by atoms with Crippen molar-refractivity contribution in [3.8, 4) is 56.3 Å². The fourth-order valence-electron chi connectivity index (χ4n) is 15.8. The first kappa shape index (κ1) is 71.4. The summed E-state index contributed by atoms with van der Waals surface area (Å²) in [4.78, 5) is 22.3. The molecule has 0 aliphatic heterocycles. The summed E-state index contributed by atoms with van der Waals surface area (Å²) in [5, 5.41) is 10.6. The Hall–Kier alpha value is -13.4. The van der Waals surface area contributed by atoms with Crippen LogP contribution in [-0.2, 0) is 35.2 Å². The van der Waals surface area contributed by atoms with Crippen LogP contribution in [0.5, 0.6) is 0 Å². The van der Waals surface area contributed by atoms with E-state index in [0.29, 0.717) is 45.6 Å². The summed E-state index contributed by atoms with van der Waals surface area (Å²) < 4.78 is 81.2. The molecule has 0 amide bonds. The summed E-state index contributed by atoms with van der Waals surface area (Å²) in [6.07, 6.45) is 13.5. The van der Waals surface area contributed by atoms with E-state index in [9.17, 15) is 0 Å². The zero-order valence-corrected chi connectivity index (χ0v) is 69.6. The highest BCUT2D eigenvalue weighted by Gasteiger charge is 2.28. The van der Waals surface area contributed by atoms with E-state index in [4.69, 9.17) is 28.9 Å². The van der Waals surface area contributed by atoms with E-state index in [-0.39, 0.29) is 0 Å². The van der Waals surface area contributed by atoms with Gasteiger partial charge in [0.05, 0.1) is 27.8 Å². The number of hydrogen-bond donors (Lipinski definition) is 0. The van der Waals surface area contributed by atoms with Crippen molar-refractivity contribution >= 4 is 110 Å². The maximum Gasteiger partial charge on any atom is 0.227 e. The molecule has 1 unspecified atom stereocenters. The highest BCUT2D eigenvalue weighted by molar-refractivity contribution is 6.13. The van der Waals surface area contributed by atoms with Gasteiger partial charge in [0.15, 0.2) is 58.9 Å². The molecule has 0 saturated heterocycles. The minimum Gasteiger partial charge on any atom is -0.437 e. The lowest BCUT2D eigenvalue weighted by Crippen LogP contribution is -2.31. The molecule has 0 N–H and O–H groups in total. The van der Waals surface area contributed by atoms with E-state index in [1.54, 1.807) is 30.7 Å². The largest absolute Gasteiger partial charge is 0.437 e. The second-order valence-corrected chi connectivity index (χ2v) is 31.3. The molecule has 20 rings (SSSR count). The normalized spacial score (nSPS) is 12.9. The standard InChI is InChI=1S/C22H23N2O.2C21H21N2O.2C19H17N2O/c1-13(2)16-10-11-24(5)19(12-16)20-14(3)6-8-17-18-9-7-15(4)23-22(18)25-21(17)20;2*1-13(2)15-9-11-23(4)18(12-15)19-14(3)7-8-16-17-6-5-10-22-21(17)24-20(16)19;2*1-12-7-9-14-15-10-8-13(2)20-19(15)22-18(14)17(12)16-6-4-5-11-21(16)3/h6-13H,1-5H3;2*5-13H,1-4H3;2*4-11H,1-3H3/q5*+1/i;1D3,13D;13D;;. The smallest absolute Gasteiger partial charge is 0.227 e. The van der Waals surface area contributed by atoms with Gasteiger partial charge in [-0.2, -0.15) is 0 Å². The third-order valence-electron chi connectivity index (χ3n) is 22.4. The van der Waals surface area contributed by atoms with Crippen molar-refractivity contribution in [3.63, 3.8) is 0 Å². The van der Waals surface area contributed by atoms with Crippen molar-refractivity contribution in [3.05, 3.63) is 299 Å². The van der Waals surface area contributed by atoms with Gasteiger partial charge < -0.3 is 22.1 Å². The molecule has 15 heteroatoms. The summed E-state index contributed by atoms with van der Waals surface area (Å²) in [5.41, 5.74) is 29.7. The van der Waals surface area contributed by atoms with E-state index in [2.05, 4.69) is 234 Å². The fourth-order valence-corrected chi connectivity index (χ4v) is 15.8. The average molecular weight is 1550 g/mol. The molecule has 1 atom stereocenters. The van der Waals surface area contributed by atoms with Crippen LogP contribution in [0.1, 0.15) is 128 Å². The highest BCUT2D eigenvalue weighted by atomic mass is 16.4. The zero-order chi connectivity index (χ0) is 86.3. The summed E-state index contributed by atoms with van der Waals surface area (Å²) in [7, 11) is 10.1. The number of fused-ring (bicyclic) bond motifs is 15. The van der Waals surface area contributed by atoms with Gasteiger partial charge in [-0.05, 0) is 190 Å². The van der Waals surface area contributed by atoms with Crippen LogP contribution in [-0.4, -0.2) is 24.9 Å². The third-order valence-corrected chi connectivity index (χ3v) is 22.4. The predicted molar refractivity (Wildman–Crippen MR) is 471 cm³/mol. The number of hydrogen-bond acceptors (Lipinski definition) is 10. The van der Waals surface area contributed by atoms with E-state index in [1.807, 2.05) is 139 Å². The second-order valence-electron chi connectivity index (χ2n) is 31.3. The van der Waals surface area contributed by atoms with Crippen molar-refractivity contribution < 1.29 is 51.8 Å². The van der Waals surface area contributed by atoms with Gasteiger partial charge in [0.25, 0.3) is 0 Å². The van der Waals surface area contributed by atoms with E-state index in [0.717, 1.165) is 161 Å². The lowest BCUT2D eigenvalue weighted by atomic mass is 9.97. The Morgan fingerprint density at radius 2 is 0.564 bits per heavy atom. The molecular weight excluding hydrogens is 1450 g/mol. The Bertz CT molecular complexity index is 7340. The van der Waals surface area contributed by atoms with Crippen LogP contribution in [0.15, 0.2) is 260 Å². The van der Waals surface area contributed by atoms with Gasteiger partial charge in [-0.15, -0.1) is 0 Å². The number of furan rings is 5. The summed E-state index contributed by atoms with van der Waals surface area (Å²) in [5.74, 6) is -1.88. The first-order valence-electron chi connectivity index (χ1n) is 42.1. The van der Waals surface area contributed by atoms with Crippen LogP contribution in [0.25, 0.3) is 167 Å². The lowest BCUT2D eigenvalue weighted by molar-refractivity contribution is -0.660. The summed E-state index contributed by atoms with van der Waals surface area (Å²) in [6.45, 7) is 23.7. The number of aryl methyl sites for hydroxylation is 13. The minimum absolute atomic E-state index is 0.436. The number of pyridine rings is 10. The molecule has 20 aromatic rings. The number of nitrogens with zero attached hydrogens (tertiary/aromatic N) is 10. The number of aromatic nitrogens is 10. The quantitative estimate of drug-likeness (QED) is 0.135. The molecule has 0 radical (unpaired) electrons. The molecule has 117 heavy (non-hydrogen) atoms. The van der Waals surface area contributed by atoms with Crippen LogP contribution < -0.4 is 22.8 Å². The third kappa shape index (κ3) is 14.7. The zero-order valence-electron chi connectivity index (χ0n) is 74.6. The van der Waals surface area contributed by atoms with E-state index in [1.165, 1.54) is 34.9 Å². The monoisotopic (exact) mass is 1550 g/mol. The molecule has 15 heterocycles. The first-order valence-corrected chi connectivity index (χ1v) is 39.6. The van der Waals surface area contributed by atoms with Crippen LogP contribution in [0.4, 0.5) is 0 Å². The molecule has 0 saturated carbocycles. The molecule has 0 fully saturated rings. The van der Waals surface area contributed by atoms with Gasteiger partial charge in [0, 0.05) is 151 Å². The second kappa shape index (κ2) is 31.8. The summed E-state index contributed by atoms with van der Waals surface area (Å²) >= 11 is 0. The van der Waals surface area contributed by atoms with Crippen molar-refractivity contribution in [2.45, 2.75) is 115 Å². The maximum absolute atomic E-state index is 8.45. The van der Waals surface area contributed by atoms with Gasteiger partial charge in [0.1, 0.15) is 35.2 Å². The Morgan fingerprint density at radius 3 is 0.880 bits per heavy atom. The van der Waals surface area contributed by atoms with Crippen LogP contribution in [0.3, 0.4) is 0 Å². The Labute approximate surface area is 688 Å². The van der Waals surface area contributed by atoms with Gasteiger partial charge in [0.2, 0.25) is 57.0 Å². The van der Waals surface area contributed by atoms with E-state index >= 15 is 0 Å². The molecule has 0 aliphatic rings. The predicted octanol–water partition coefficient (Wildman–Crippen LogP) is 23.2. The Balaban J connectivity index is 0.000000113. The van der Waals surface area contributed by atoms with Crippen molar-refractivity contribution in [1.82, 2.24) is 24.9 Å². The van der Waals surface area contributed by atoms with Crippen molar-refractivity contribution in [1.29, 1.82) is 0 Å². The maximum atomic E-state index is 8.45. The Morgan fingerprint density at radius 1 is 0.282 bits per heavy atom. The molecule has 15 nitrogen and oxygen atoms in total. The average Bonchev–Trinajstić information content (AvgIpc) is 1.71. The number of benzene rings is 5. The van der Waals surface area contributed by atoms with Crippen LogP contribution >= 0.6 is 0 Å². The lowest BCUT2D eigenvalue weighted by Gasteiger charge is -2.09. The van der Waals surface area contributed by atoms with Crippen molar-refractivity contribution in [2.24, 2.45) is 35.2 Å². The van der Waals surface area contributed by atoms with Gasteiger partial charge in [-0.1, -0.05) is 102 Å². The molecule has 0 bridgehead atoms. The minimum atomic E-state index is -2.44. The molecule has 582 valence electrons. The summed E-state index contributed by atoms with van der Waals surface area (Å²) in [6, 6.07) is 65.8. The highest BCUT2D eigenvalue weighted by Crippen LogP contribution is 2.43. The van der Waals surface area contributed by atoms with Gasteiger partial charge in [-0.25, -0.2) is 47.8 Å². The molecular formula is C102H99N10O5+5. The number of rotatable bonds is 8. The fraction of sp³-hybridized carbons (Fsp3) is 0.216.